The zero-order valence-electron chi connectivity index (χ0n) is 24.0. The molecule has 5 aromatic rings. The first-order chi connectivity index (χ1) is 21.4. The maximum absolute atomic E-state index is 13.5. The van der Waals surface area contributed by atoms with Crippen molar-refractivity contribution < 1.29 is 19.4 Å². The van der Waals surface area contributed by atoms with E-state index in [-0.39, 0.29) is 16.5 Å². The number of ketones is 1. The number of amides is 1. The van der Waals surface area contributed by atoms with Gasteiger partial charge < -0.3 is 9.84 Å². The Morgan fingerprint density at radius 1 is 0.909 bits per heavy atom. The fraction of sp³-hybridized carbons (Fsp3) is 0.147. The van der Waals surface area contributed by atoms with E-state index in [4.69, 9.17) is 4.74 Å². The third-order valence-corrected chi connectivity index (χ3v) is 9.29. The number of anilines is 1. The number of carbonyl (C=O) groups excluding carboxylic acids is 2. The summed E-state index contributed by atoms with van der Waals surface area (Å²) in [6, 6.07) is 25.6. The Kier molecular flexibility index (Phi) is 8.53. The first-order valence-corrected chi connectivity index (χ1v) is 15.7. The van der Waals surface area contributed by atoms with Gasteiger partial charge in [0.15, 0.2) is 4.34 Å². The molecule has 1 saturated heterocycles. The van der Waals surface area contributed by atoms with E-state index in [1.165, 1.54) is 33.6 Å². The number of benzene rings is 3. The van der Waals surface area contributed by atoms with Crippen LogP contribution >= 0.6 is 23.1 Å². The molecular formula is C34H28N4O4S2. The number of nitrogens with zero attached hydrogens (tertiary/aromatic N) is 4. The first kappa shape index (κ1) is 29.3. The molecule has 1 fully saturated rings. The van der Waals surface area contributed by atoms with Crippen molar-refractivity contribution in [2.24, 2.45) is 0 Å². The largest absolute Gasteiger partial charge is 0.507 e. The van der Waals surface area contributed by atoms with E-state index in [0.29, 0.717) is 33.6 Å². The standard InChI is InChI=1S/C34H28N4O4S2/c1-21-6-8-23(9-7-21)20-43-34-37-36-33(44-34)38-29(25-14-16-35-17-15-25)28(31(40)32(38)41)30(39)26-10-12-27(13-11-26)42-19-24-5-3-4-22(2)18-24/h3-18,29,39H,19-20H2,1-2H3. The van der Waals surface area contributed by atoms with Crippen molar-refractivity contribution >= 4 is 45.7 Å². The molecule has 2 aromatic heterocycles. The van der Waals surface area contributed by atoms with Gasteiger partial charge in [-0.1, -0.05) is 82.8 Å². The number of hydrogen-bond acceptors (Lipinski definition) is 9. The lowest BCUT2D eigenvalue weighted by molar-refractivity contribution is -0.132. The third-order valence-electron chi connectivity index (χ3n) is 7.17. The van der Waals surface area contributed by atoms with Gasteiger partial charge in [0.05, 0.1) is 11.6 Å². The topological polar surface area (TPSA) is 106 Å². The number of carbonyl (C=O) groups is 2. The number of aliphatic hydroxyl groups excluding tert-OH is 1. The average molecular weight is 621 g/mol. The zero-order chi connectivity index (χ0) is 30.6. The van der Waals surface area contributed by atoms with Crippen LogP contribution < -0.4 is 9.64 Å². The zero-order valence-corrected chi connectivity index (χ0v) is 25.6. The van der Waals surface area contributed by atoms with Crippen LogP contribution in [0.15, 0.2) is 107 Å². The number of aromatic nitrogens is 3. The summed E-state index contributed by atoms with van der Waals surface area (Å²) in [5, 5.41) is 20.3. The molecule has 1 aliphatic heterocycles. The molecule has 3 heterocycles. The number of thioether (sulfide) groups is 1. The Labute approximate surface area is 263 Å². The van der Waals surface area contributed by atoms with Crippen molar-refractivity contribution in [2.75, 3.05) is 4.90 Å². The van der Waals surface area contributed by atoms with Crippen LogP contribution in [-0.2, 0) is 21.9 Å². The molecule has 0 spiro atoms. The highest BCUT2D eigenvalue weighted by molar-refractivity contribution is 8.00. The summed E-state index contributed by atoms with van der Waals surface area (Å²) in [7, 11) is 0. The highest BCUT2D eigenvalue weighted by Gasteiger charge is 2.48. The lowest BCUT2D eigenvalue weighted by atomic mass is 9.96. The van der Waals surface area contributed by atoms with Gasteiger partial charge in [-0.05, 0) is 66.9 Å². The second-order valence-corrected chi connectivity index (χ2v) is 12.6. The lowest BCUT2D eigenvalue weighted by Crippen LogP contribution is -2.29. The molecule has 0 saturated carbocycles. The summed E-state index contributed by atoms with van der Waals surface area (Å²) in [5.41, 5.74) is 5.49. The van der Waals surface area contributed by atoms with Gasteiger partial charge in [0.2, 0.25) is 5.13 Å². The van der Waals surface area contributed by atoms with Crippen LogP contribution in [0.2, 0.25) is 0 Å². The monoisotopic (exact) mass is 620 g/mol. The molecule has 44 heavy (non-hydrogen) atoms. The second-order valence-electron chi connectivity index (χ2n) is 10.4. The minimum absolute atomic E-state index is 0.0290. The van der Waals surface area contributed by atoms with Gasteiger partial charge in [-0.15, -0.1) is 10.2 Å². The van der Waals surface area contributed by atoms with E-state index in [0.717, 1.165) is 16.7 Å². The lowest BCUT2D eigenvalue weighted by Gasteiger charge is -2.22. The van der Waals surface area contributed by atoms with E-state index in [1.54, 1.807) is 48.8 Å². The highest BCUT2D eigenvalue weighted by Crippen LogP contribution is 2.44. The molecule has 0 aliphatic carbocycles. The minimum atomic E-state index is -0.904. The SMILES string of the molecule is Cc1ccc(CSc2nnc(N3C(=O)C(=O)C(=C(O)c4ccc(OCc5cccc(C)c5)cc4)C3c3ccncc3)s2)cc1. The molecule has 1 unspecified atom stereocenters. The number of rotatable bonds is 9. The first-order valence-electron chi connectivity index (χ1n) is 13.9. The van der Waals surface area contributed by atoms with Crippen molar-refractivity contribution in [2.45, 2.75) is 36.6 Å². The van der Waals surface area contributed by atoms with E-state index < -0.39 is 17.7 Å². The summed E-state index contributed by atoms with van der Waals surface area (Å²) >= 11 is 2.74. The quantitative estimate of drug-likeness (QED) is 0.0615. The maximum Gasteiger partial charge on any atom is 0.301 e. The molecule has 1 atom stereocenters. The van der Waals surface area contributed by atoms with Crippen LogP contribution in [0.3, 0.4) is 0 Å². The molecule has 0 radical (unpaired) electrons. The molecule has 8 nitrogen and oxygen atoms in total. The molecule has 0 bridgehead atoms. The van der Waals surface area contributed by atoms with Crippen molar-refractivity contribution in [3.8, 4) is 5.75 Å². The fourth-order valence-corrected chi connectivity index (χ4v) is 6.74. The molecule has 1 aliphatic rings. The van der Waals surface area contributed by atoms with Crippen LogP contribution in [0.5, 0.6) is 5.75 Å². The van der Waals surface area contributed by atoms with Crippen molar-refractivity contribution in [3.05, 3.63) is 136 Å². The summed E-state index contributed by atoms with van der Waals surface area (Å²) in [6.45, 7) is 4.46. The predicted molar refractivity (Wildman–Crippen MR) is 172 cm³/mol. The average Bonchev–Trinajstić information content (AvgIpc) is 3.62. The molecule has 10 heteroatoms. The Hall–Kier alpha value is -4.80. The van der Waals surface area contributed by atoms with Crippen molar-refractivity contribution in [1.29, 1.82) is 0 Å². The number of ether oxygens (including phenoxy) is 1. The Bertz CT molecular complexity index is 1840. The Morgan fingerprint density at radius 2 is 1.66 bits per heavy atom. The van der Waals surface area contributed by atoms with Gasteiger partial charge in [0.25, 0.3) is 5.78 Å². The summed E-state index contributed by atoms with van der Waals surface area (Å²) in [6.07, 6.45) is 3.16. The Balaban J connectivity index is 1.27. The van der Waals surface area contributed by atoms with E-state index in [2.05, 4.69) is 45.5 Å². The summed E-state index contributed by atoms with van der Waals surface area (Å²) in [5.74, 6) is -0.562. The van der Waals surface area contributed by atoms with Gasteiger partial charge >= 0.3 is 5.91 Å². The third kappa shape index (κ3) is 6.27. The number of Topliss-reactive ketones (excluding diaryl/α,β-unsaturated/α-hetero) is 1. The number of pyridine rings is 1. The highest BCUT2D eigenvalue weighted by atomic mass is 32.2. The van der Waals surface area contributed by atoms with Gasteiger partial charge in [-0.25, -0.2) is 0 Å². The van der Waals surface area contributed by atoms with Crippen LogP contribution in [0.1, 0.15) is 39.4 Å². The number of aryl methyl sites for hydroxylation is 2. The van der Waals surface area contributed by atoms with Gasteiger partial charge in [-0.2, -0.15) is 0 Å². The summed E-state index contributed by atoms with van der Waals surface area (Å²) < 4.78 is 6.58. The van der Waals surface area contributed by atoms with Gasteiger partial charge in [0.1, 0.15) is 18.1 Å². The number of aliphatic hydroxyl groups is 1. The van der Waals surface area contributed by atoms with E-state index in [9.17, 15) is 14.7 Å². The van der Waals surface area contributed by atoms with E-state index in [1.807, 2.05) is 32.0 Å². The number of hydrogen-bond donors (Lipinski definition) is 1. The van der Waals surface area contributed by atoms with Crippen molar-refractivity contribution in [1.82, 2.24) is 15.2 Å². The minimum Gasteiger partial charge on any atom is -0.507 e. The predicted octanol–water partition coefficient (Wildman–Crippen LogP) is 7.05. The molecule has 1 amide bonds. The van der Waals surface area contributed by atoms with Crippen molar-refractivity contribution in [3.63, 3.8) is 0 Å². The maximum atomic E-state index is 13.5. The van der Waals surface area contributed by atoms with Crippen LogP contribution in [0.25, 0.3) is 5.76 Å². The van der Waals surface area contributed by atoms with E-state index >= 15 is 0 Å². The van der Waals surface area contributed by atoms with Gasteiger partial charge in [0, 0.05) is 23.7 Å². The summed E-state index contributed by atoms with van der Waals surface area (Å²) in [4.78, 5) is 32.4. The molecular weight excluding hydrogens is 593 g/mol. The Morgan fingerprint density at radius 3 is 2.39 bits per heavy atom. The van der Waals surface area contributed by atoms with Crippen LogP contribution in [0.4, 0.5) is 5.13 Å². The molecule has 1 N–H and O–H groups in total. The normalized spacial score (nSPS) is 16.0. The molecule has 220 valence electrons. The second kappa shape index (κ2) is 12.8. The van der Waals surface area contributed by atoms with Gasteiger partial charge in [-0.3, -0.25) is 19.5 Å². The van der Waals surface area contributed by atoms with Crippen LogP contribution in [0, 0.1) is 13.8 Å². The molecule has 6 rings (SSSR count). The molecule has 3 aromatic carbocycles. The van der Waals surface area contributed by atoms with Crippen LogP contribution in [-0.4, -0.2) is 32.0 Å². The fourth-order valence-electron chi connectivity index (χ4n) is 4.91. The smallest absolute Gasteiger partial charge is 0.301 e.